The molecular formula is C11H13NO2. The summed E-state index contributed by atoms with van der Waals surface area (Å²) >= 11 is 0. The Bertz CT molecular complexity index is 356. The Morgan fingerprint density at radius 1 is 1.36 bits per heavy atom. The zero-order valence-electron chi connectivity index (χ0n) is 8.27. The van der Waals surface area contributed by atoms with E-state index in [1.54, 1.807) is 44.4 Å². The van der Waals surface area contributed by atoms with Gasteiger partial charge in [0, 0.05) is 25.7 Å². The molecule has 1 amide bonds. The van der Waals surface area contributed by atoms with Crippen molar-refractivity contribution in [3.63, 3.8) is 0 Å². The summed E-state index contributed by atoms with van der Waals surface area (Å²) in [6, 6.07) is 6.87. The maximum atomic E-state index is 11.2. The van der Waals surface area contributed by atoms with E-state index in [1.165, 1.54) is 11.0 Å². The number of amides is 1. The lowest BCUT2D eigenvalue weighted by Gasteiger charge is -2.05. The quantitative estimate of drug-likeness (QED) is 0.719. The van der Waals surface area contributed by atoms with Gasteiger partial charge in [-0.15, -0.1) is 0 Å². The summed E-state index contributed by atoms with van der Waals surface area (Å²) in [7, 11) is 3.36. The van der Waals surface area contributed by atoms with Crippen LogP contribution in [-0.2, 0) is 4.79 Å². The second-order valence-corrected chi connectivity index (χ2v) is 3.12. The first-order valence-electron chi connectivity index (χ1n) is 4.28. The highest BCUT2D eigenvalue weighted by Crippen LogP contribution is 2.16. The highest BCUT2D eigenvalue weighted by molar-refractivity contribution is 5.91. The number of hydrogen-bond donors (Lipinski definition) is 1. The Morgan fingerprint density at radius 2 is 2.00 bits per heavy atom. The second-order valence-electron chi connectivity index (χ2n) is 3.12. The van der Waals surface area contributed by atoms with Gasteiger partial charge in [-0.25, -0.2) is 0 Å². The molecule has 0 saturated carbocycles. The van der Waals surface area contributed by atoms with Crippen LogP contribution < -0.4 is 0 Å². The van der Waals surface area contributed by atoms with Crippen molar-refractivity contribution in [3.05, 3.63) is 35.9 Å². The van der Waals surface area contributed by atoms with E-state index in [1.807, 2.05) is 0 Å². The van der Waals surface area contributed by atoms with Gasteiger partial charge in [0.2, 0.25) is 5.91 Å². The molecule has 0 atom stereocenters. The van der Waals surface area contributed by atoms with Crippen molar-refractivity contribution in [2.45, 2.75) is 0 Å². The fourth-order valence-corrected chi connectivity index (χ4v) is 0.939. The van der Waals surface area contributed by atoms with Crippen LogP contribution in [0.25, 0.3) is 6.08 Å². The molecule has 0 spiro atoms. The first-order chi connectivity index (χ1) is 6.61. The van der Waals surface area contributed by atoms with Gasteiger partial charge in [-0.3, -0.25) is 4.79 Å². The third-order valence-corrected chi connectivity index (χ3v) is 1.78. The normalized spacial score (nSPS) is 10.4. The number of hydrogen-bond acceptors (Lipinski definition) is 2. The maximum absolute atomic E-state index is 11.2. The number of carbonyl (C=O) groups is 1. The zero-order valence-corrected chi connectivity index (χ0v) is 8.27. The zero-order chi connectivity index (χ0) is 10.6. The third kappa shape index (κ3) is 2.62. The van der Waals surface area contributed by atoms with Gasteiger partial charge < -0.3 is 10.0 Å². The molecule has 0 unspecified atom stereocenters. The topological polar surface area (TPSA) is 40.5 Å². The largest absolute Gasteiger partial charge is 0.507 e. The summed E-state index contributed by atoms with van der Waals surface area (Å²) in [5.41, 5.74) is 0.641. The van der Waals surface area contributed by atoms with Crippen LogP contribution in [-0.4, -0.2) is 30.0 Å². The summed E-state index contributed by atoms with van der Waals surface area (Å²) in [5.74, 6) is 0.0727. The van der Waals surface area contributed by atoms with Crippen molar-refractivity contribution >= 4 is 12.0 Å². The van der Waals surface area contributed by atoms with Crippen LogP contribution in [0.5, 0.6) is 5.75 Å². The van der Waals surface area contributed by atoms with Crippen LogP contribution in [0.1, 0.15) is 5.56 Å². The Hall–Kier alpha value is -1.77. The number of phenolic OH excluding ortho intramolecular Hbond substituents is 1. The van der Waals surface area contributed by atoms with Crippen LogP contribution in [0.2, 0.25) is 0 Å². The van der Waals surface area contributed by atoms with Crippen molar-refractivity contribution in [1.82, 2.24) is 4.90 Å². The first kappa shape index (κ1) is 10.3. The Balaban J connectivity index is 2.79. The molecule has 3 heteroatoms. The summed E-state index contributed by atoms with van der Waals surface area (Å²) < 4.78 is 0. The lowest BCUT2D eigenvalue weighted by atomic mass is 10.2. The number of rotatable bonds is 2. The van der Waals surface area contributed by atoms with E-state index in [-0.39, 0.29) is 11.7 Å². The number of likely N-dealkylation sites (N-methyl/N-ethyl adjacent to an activating group) is 1. The predicted molar refractivity (Wildman–Crippen MR) is 55.8 cm³/mol. The molecule has 0 bridgehead atoms. The number of phenols is 1. The van der Waals surface area contributed by atoms with Gasteiger partial charge in [-0.1, -0.05) is 18.2 Å². The van der Waals surface area contributed by atoms with Gasteiger partial charge in [-0.05, 0) is 12.1 Å². The molecular weight excluding hydrogens is 178 g/mol. The van der Waals surface area contributed by atoms with E-state index in [0.29, 0.717) is 5.56 Å². The number of aromatic hydroxyl groups is 1. The van der Waals surface area contributed by atoms with Gasteiger partial charge in [0.15, 0.2) is 0 Å². The predicted octanol–water partition coefficient (Wildman–Crippen LogP) is 1.49. The lowest BCUT2D eigenvalue weighted by Crippen LogP contribution is -2.18. The van der Waals surface area contributed by atoms with E-state index in [9.17, 15) is 9.90 Å². The number of carbonyl (C=O) groups excluding carboxylic acids is 1. The highest BCUT2D eigenvalue weighted by atomic mass is 16.3. The average molecular weight is 191 g/mol. The van der Waals surface area contributed by atoms with E-state index in [0.717, 1.165) is 0 Å². The molecule has 1 aromatic rings. The molecule has 3 nitrogen and oxygen atoms in total. The minimum atomic E-state index is -0.103. The molecule has 0 radical (unpaired) electrons. The Labute approximate surface area is 83.3 Å². The molecule has 0 fully saturated rings. The van der Waals surface area contributed by atoms with E-state index < -0.39 is 0 Å². The van der Waals surface area contributed by atoms with Crippen molar-refractivity contribution in [3.8, 4) is 5.75 Å². The van der Waals surface area contributed by atoms with Crippen molar-refractivity contribution in [2.24, 2.45) is 0 Å². The minimum absolute atomic E-state index is 0.103. The van der Waals surface area contributed by atoms with Gasteiger partial charge in [0.25, 0.3) is 0 Å². The molecule has 0 saturated heterocycles. The van der Waals surface area contributed by atoms with Crippen molar-refractivity contribution in [2.75, 3.05) is 14.1 Å². The molecule has 14 heavy (non-hydrogen) atoms. The molecule has 0 aromatic heterocycles. The Kier molecular flexibility index (Phi) is 3.29. The van der Waals surface area contributed by atoms with Crippen LogP contribution in [0.4, 0.5) is 0 Å². The molecule has 0 aliphatic rings. The van der Waals surface area contributed by atoms with Crippen molar-refractivity contribution < 1.29 is 9.90 Å². The SMILES string of the molecule is CN(C)C(=O)C=Cc1ccccc1O. The second kappa shape index (κ2) is 4.46. The highest BCUT2D eigenvalue weighted by Gasteiger charge is 1.98. The van der Waals surface area contributed by atoms with E-state index in [4.69, 9.17) is 0 Å². The van der Waals surface area contributed by atoms with Crippen LogP contribution in [0.3, 0.4) is 0 Å². The fourth-order valence-electron chi connectivity index (χ4n) is 0.939. The monoisotopic (exact) mass is 191 g/mol. The molecule has 1 N–H and O–H groups in total. The van der Waals surface area contributed by atoms with E-state index in [2.05, 4.69) is 0 Å². The minimum Gasteiger partial charge on any atom is -0.507 e. The van der Waals surface area contributed by atoms with Crippen LogP contribution >= 0.6 is 0 Å². The fraction of sp³-hybridized carbons (Fsp3) is 0.182. The third-order valence-electron chi connectivity index (χ3n) is 1.78. The average Bonchev–Trinajstić information content (AvgIpc) is 2.16. The molecule has 1 aromatic carbocycles. The molecule has 0 heterocycles. The number of nitrogens with zero attached hydrogens (tertiary/aromatic N) is 1. The van der Waals surface area contributed by atoms with Gasteiger partial charge >= 0.3 is 0 Å². The molecule has 1 rings (SSSR count). The van der Waals surface area contributed by atoms with Crippen LogP contribution in [0.15, 0.2) is 30.3 Å². The first-order valence-corrected chi connectivity index (χ1v) is 4.28. The summed E-state index contributed by atoms with van der Waals surface area (Å²) in [6.45, 7) is 0. The van der Waals surface area contributed by atoms with E-state index >= 15 is 0 Å². The molecule has 0 aliphatic heterocycles. The lowest BCUT2D eigenvalue weighted by molar-refractivity contribution is -0.123. The summed E-state index contributed by atoms with van der Waals surface area (Å²) in [6.07, 6.45) is 3.02. The Morgan fingerprint density at radius 3 is 2.57 bits per heavy atom. The maximum Gasteiger partial charge on any atom is 0.246 e. The summed E-state index contributed by atoms with van der Waals surface area (Å²) in [5, 5.41) is 9.39. The molecule has 74 valence electrons. The van der Waals surface area contributed by atoms with Gasteiger partial charge in [0.1, 0.15) is 5.75 Å². The number of benzene rings is 1. The molecule has 0 aliphatic carbocycles. The van der Waals surface area contributed by atoms with Gasteiger partial charge in [0.05, 0.1) is 0 Å². The van der Waals surface area contributed by atoms with Crippen molar-refractivity contribution in [1.29, 1.82) is 0 Å². The number of para-hydroxylation sites is 1. The summed E-state index contributed by atoms with van der Waals surface area (Å²) in [4.78, 5) is 12.7. The smallest absolute Gasteiger partial charge is 0.246 e. The van der Waals surface area contributed by atoms with Gasteiger partial charge in [-0.2, -0.15) is 0 Å². The standard InChI is InChI=1S/C11H13NO2/c1-12(2)11(14)8-7-9-5-3-4-6-10(9)13/h3-8,13H,1-2H3. The van der Waals surface area contributed by atoms with Crippen LogP contribution in [0, 0.1) is 0 Å².